The van der Waals surface area contributed by atoms with Crippen LogP contribution in [0.25, 0.3) is 22.2 Å². The van der Waals surface area contributed by atoms with E-state index in [-0.39, 0.29) is 23.9 Å². The Balaban J connectivity index is 1.37. The molecule has 180 valence electrons. The zero-order valence-corrected chi connectivity index (χ0v) is 19.8. The molecular weight excluding hydrogens is 452 g/mol. The van der Waals surface area contributed by atoms with E-state index in [1.807, 2.05) is 79.0 Å². The van der Waals surface area contributed by atoms with Crippen LogP contribution < -0.4 is 15.6 Å². The fraction of sp³-hybridized carbons (Fsp3) is 0.138. The van der Waals surface area contributed by atoms with Gasteiger partial charge in [-0.1, -0.05) is 60.7 Å². The number of nitrogens with one attached hydrogen (secondary N) is 2. The van der Waals surface area contributed by atoms with E-state index in [1.165, 1.54) is 10.7 Å². The van der Waals surface area contributed by atoms with Crippen molar-refractivity contribution in [1.29, 1.82) is 0 Å². The van der Waals surface area contributed by atoms with Crippen LogP contribution in [0.5, 0.6) is 5.75 Å². The topological polar surface area (TPSA) is 89.0 Å². The second-order valence-electron chi connectivity index (χ2n) is 8.50. The number of nitrogens with zero attached hydrogens (tertiary/aromatic N) is 2. The number of fused-ring (bicyclic) bond motifs is 1. The first-order valence-corrected chi connectivity index (χ1v) is 11.7. The van der Waals surface area contributed by atoms with Gasteiger partial charge in [-0.2, -0.15) is 5.10 Å². The lowest BCUT2D eigenvalue weighted by Crippen LogP contribution is -2.35. The lowest BCUT2D eigenvalue weighted by molar-refractivity contribution is -0.121. The second-order valence-corrected chi connectivity index (χ2v) is 8.50. The molecule has 7 nitrogen and oxygen atoms in total. The molecule has 1 amide bonds. The molecule has 2 heterocycles. The van der Waals surface area contributed by atoms with E-state index in [2.05, 4.69) is 21.5 Å². The highest BCUT2D eigenvalue weighted by atomic mass is 16.5. The van der Waals surface area contributed by atoms with Gasteiger partial charge in [0, 0.05) is 41.2 Å². The molecule has 2 aromatic heterocycles. The van der Waals surface area contributed by atoms with Gasteiger partial charge in [0.05, 0.1) is 12.8 Å². The highest BCUT2D eigenvalue weighted by molar-refractivity contribution is 5.84. The Morgan fingerprint density at radius 1 is 0.972 bits per heavy atom. The minimum atomic E-state index is -0.326. The third kappa shape index (κ3) is 4.90. The van der Waals surface area contributed by atoms with Crippen molar-refractivity contribution in [3.05, 3.63) is 119 Å². The summed E-state index contributed by atoms with van der Waals surface area (Å²) < 4.78 is 6.51. The van der Waals surface area contributed by atoms with E-state index < -0.39 is 0 Å². The van der Waals surface area contributed by atoms with Crippen molar-refractivity contribution in [2.45, 2.75) is 12.5 Å². The van der Waals surface area contributed by atoms with E-state index >= 15 is 0 Å². The summed E-state index contributed by atoms with van der Waals surface area (Å²) in [5.41, 5.74) is 4.35. The normalized spacial score (nSPS) is 11.8. The highest BCUT2D eigenvalue weighted by Crippen LogP contribution is 2.31. The van der Waals surface area contributed by atoms with Crippen LogP contribution in [0.2, 0.25) is 0 Å². The molecule has 5 aromatic rings. The summed E-state index contributed by atoms with van der Waals surface area (Å²) in [5.74, 6) is 0.383. The van der Waals surface area contributed by atoms with E-state index in [1.54, 1.807) is 13.2 Å². The summed E-state index contributed by atoms with van der Waals surface area (Å²) >= 11 is 0. The number of carbonyl (C=O) groups is 1. The first kappa shape index (κ1) is 23.1. The molecule has 2 N–H and O–H groups in total. The van der Waals surface area contributed by atoms with E-state index in [4.69, 9.17) is 4.74 Å². The van der Waals surface area contributed by atoms with Gasteiger partial charge in [0.15, 0.2) is 0 Å². The molecule has 5 rings (SSSR count). The number of rotatable bonds is 8. The van der Waals surface area contributed by atoms with Crippen molar-refractivity contribution in [2.75, 3.05) is 13.7 Å². The zero-order chi connectivity index (χ0) is 24.9. The molecule has 7 heteroatoms. The number of aromatic nitrogens is 3. The predicted molar refractivity (Wildman–Crippen MR) is 140 cm³/mol. The molecular formula is C29H26N4O3. The van der Waals surface area contributed by atoms with E-state index in [0.717, 1.165) is 33.3 Å². The summed E-state index contributed by atoms with van der Waals surface area (Å²) in [6, 6.07) is 28.6. The van der Waals surface area contributed by atoms with Crippen LogP contribution in [0.15, 0.2) is 102 Å². The molecule has 1 unspecified atom stereocenters. The van der Waals surface area contributed by atoms with Gasteiger partial charge in [-0.15, -0.1) is 0 Å². The van der Waals surface area contributed by atoms with Crippen LogP contribution in [0.4, 0.5) is 0 Å². The highest BCUT2D eigenvalue weighted by Gasteiger charge is 2.20. The van der Waals surface area contributed by atoms with Gasteiger partial charge in [0.1, 0.15) is 12.3 Å². The third-order valence-corrected chi connectivity index (χ3v) is 6.25. The van der Waals surface area contributed by atoms with Crippen molar-refractivity contribution in [1.82, 2.24) is 20.1 Å². The minimum absolute atomic E-state index is 0.101. The van der Waals surface area contributed by atoms with Crippen LogP contribution in [0, 0.1) is 0 Å². The average Bonchev–Trinajstić information content (AvgIpc) is 3.35. The molecule has 0 saturated heterocycles. The fourth-order valence-corrected chi connectivity index (χ4v) is 4.36. The third-order valence-electron chi connectivity index (χ3n) is 6.25. The van der Waals surface area contributed by atoms with Gasteiger partial charge in [-0.3, -0.25) is 9.59 Å². The van der Waals surface area contributed by atoms with E-state index in [0.29, 0.717) is 12.2 Å². The smallest absolute Gasteiger partial charge is 0.267 e. The molecule has 36 heavy (non-hydrogen) atoms. The number of aromatic amines is 1. The van der Waals surface area contributed by atoms with Gasteiger partial charge in [0.25, 0.3) is 5.56 Å². The number of para-hydroxylation sites is 1. The molecule has 0 radical (unpaired) electrons. The van der Waals surface area contributed by atoms with Crippen LogP contribution in [-0.2, 0) is 11.3 Å². The zero-order valence-electron chi connectivity index (χ0n) is 19.8. The molecule has 0 saturated carbocycles. The largest absolute Gasteiger partial charge is 0.497 e. The summed E-state index contributed by atoms with van der Waals surface area (Å²) in [5, 5.41) is 8.51. The van der Waals surface area contributed by atoms with E-state index in [9.17, 15) is 9.59 Å². The average molecular weight is 479 g/mol. The molecule has 0 spiro atoms. The number of methoxy groups -OCH3 is 1. The number of H-pyrrole nitrogens is 1. The minimum Gasteiger partial charge on any atom is -0.497 e. The predicted octanol–water partition coefficient (Wildman–Crippen LogP) is 4.35. The fourth-order valence-electron chi connectivity index (χ4n) is 4.36. The van der Waals surface area contributed by atoms with Crippen molar-refractivity contribution in [3.8, 4) is 17.0 Å². The standard InChI is InChI=1S/C29H26N4O3/c1-36-22-13-11-20(12-14-22)24(25-18-30-27-10-6-5-9-23(25)27)17-31-28(34)19-33-29(35)16-15-26(32-33)21-7-3-2-4-8-21/h2-16,18,24,30H,17,19H2,1H3,(H,31,34). The molecule has 3 aromatic carbocycles. The molecule has 0 aliphatic rings. The van der Waals surface area contributed by atoms with Crippen LogP contribution in [0.1, 0.15) is 17.0 Å². The van der Waals surface area contributed by atoms with Gasteiger partial charge >= 0.3 is 0 Å². The van der Waals surface area contributed by atoms with Crippen LogP contribution in [0.3, 0.4) is 0 Å². The number of hydrogen-bond donors (Lipinski definition) is 2. The Bertz CT molecular complexity index is 1540. The Hall–Kier alpha value is -4.65. The lowest BCUT2D eigenvalue weighted by atomic mass is 9.91. The van der Waals surface area contributed by atoms with Crippen molar-refractivity contribution >= 4 is 16.8 Å². The Kier molecular flexibility index (Phi) is 6.62. The number of amides is 1. The maximum Gasteiger partial charge on any atom is 0.267 e. The van der Waals surface area contributed by atoms with Crippen LogP contribution in [-0.4, -0.2) is 34.3 Å². The summed E-state index contributed by atoms with van der Waals surface area (Å²) in [6.07, 6.45) is 1.99. The Morgan fingerprint density at radius 2 is 1.72 bits per heavy atom. The molecule has 0 aliphatic carbocycles. The van der Waals surface area contributed by atoms with Crippen molar-refractivity contribution in [2.24, 2.45) is 0 Å². The number of hydrogen-bond acceptors (Lipinski definition) is 4. The molecule has 0 fully saturated rings. The van der Waals surface area contributed by atoms with Crippen molar-refractivity contribution < 1.29 is 9.53 Å². The summed E-state index contributed by atoms with van der Waals surface area (Å²) in [4.78, 5) is 28.7. The molecule has 0 bridgehead atoms. The van der Waals surface area contributed by atoms with Gasteiger partial charge in [-0.25, -0.2) is 4.68 Å². The Labute approximate surface area is 208 Å². The summed E-state index contributed by atoms with van der Waals surface area (Å²) in [6.45, 7) is 0.197. The van der Waals surface area contributed by atoms with Gasteiger partial charge in [-0.05, 0) is 35.4 Å². The number of ether oxygens (including phenoxy) is 1. The van der Waals surface area contributed by atoms with Gasteiger partial charge < -0.3 is 15.0 Å². The molecule has 1 atom stereocenters. The number of benzene rings is 3. The first-order valence-electron chi connectivity index (χ1n) is 11.7. The maximum atomic E-state index is 12.9. The maximum absolute atomic E-state index is 12.9. The first-order chi connectivity index (χ1) is 17.6. The molecule has 0 aliphatic heterocycles. The van der Waals surface area contributed by atoms with Crippen LogP contribution >= 0.6 is 0 Å². The van der Waals surface area contributed by atoms with Crippen molar-refractivity contribution in [3.63, 3.8) is 0 Å². The SMILES string of the molecule is COc1ccc(C(CNC(=O)Cn2nc(-c3ccccc3)ccc2=O)c2c[nH]c3ccccc23)cc1. The second kappa shape index (κ2) is 10.3. The Morgan fingerprint density at radius 3 is 2.50 bits per heavy atom. The van der Waals surface area contributed by atoms with Gasteiger partial charge in [0.2, 0.25) is 5.91 Å². The lowest BCUT2D eigenvalue weighted by Gasteiger charge is -2.19. The monoisotopic (exact) mass is 478 g/mol. The number of carbonyl (C=O) groups excluding carboxylic acids is 1. The quantitative estimate of drug-likeness (QED) is 0.347. The summed E-state index contributed by atoms with van der Waals surface area (Å²) in [7, 11) is 1.63.